The highest BCUT2D eigenvalue weighted by Crippen LogP contribution is 2.43. The van der Waals surface area contributed by atoms with Crippen LogP contribution in [0.1, 0.15) is 168 Å². The van der Waals surface area contributed by atoms with Gasteiger partial charge >= 0.3 is 7.82 Å². The fourth-order valence-electron chi connectivity index (χ4n) is 5.39. The molecule has 3 unspecified atom stereocenters. The van der Waals surface area contributed by atoms with E-state index in [1.165, 1.54) is 96.3 Å². The molecule has 0 aliphatic rings. The summed E-state index contributed by atoms with van der Waals surface area (Å²) in [6.07, 6.45) is 31.7. The first-order valence-corrected chi connectivity index (χ1v) is 20.6. The number of allylic oxidation sites excluding steroid dienone is 1. The second kappa shape index (κ2) is 30.3. The van der Waals surface area contributed by atoms with E-state index in [1.54, 1.807) is 6.08 Å². The molecule has 8 nitrogen and oxygen atoms in total. The van der Waals surface area contributed by atoms with E-state index in [-0.39, 0.29) is 19.1 Å². The average Bonchev–Trinajstić information content (AvgIpc) is 2.99. The largest absolute Gasteiger partial charge is 0.472 e. The monoisotopic (exact) mass is 676 g/mol. The lowest BCUT2D eigenvalue weighted by atomic mass is 10.0. The van der Waals surface area contributed by atoms with Gasteiger partial charge in [-0.2, -0.15) is 0 Å². The summed E-state index contributed by atoms with van der Waals surface area (Å²) in [6, 6.07) is -0.836. The zero-order valence-corrected chi connectivity index (χ0v) is 31.7. The van der Waals surface area contributed by atoms with Crippen LogP contribution in [0.15, 0.2) is 12.2 Å². The molecule has 3 N–H and O–H groups in total. The number of phosphoric ester groups is 1. The maximum absolute atomic E-state index is 12.6. The van der Waals surface area contributed by atoms with Gasteiger partial charge in [0.1, 0.15) is 13.2 Å². The molecule has 0 aliphatic carbocycles. The Morgan fingerprint density at radius 3 is 1.61 bits per heavy atom. The smallest absolute Gasteiger partial charge is 0.387 e. The van der Waals surface area contributed by atoms with Crippen LogP contribution in [0.3, 0.4) is 0 Å². The van der Waals surface area contributed by atoms with E-state index in [0.717, 1.165) is 51.4 Å². The number of unbranched alkanes of at least 4 members (excludes halogenated alkanes) is 21. The minimum atomic E-state index is -4.31. The van der Waals surface area contributed by atoms with Crippen LogP contribution >= 0.6 is 7.82 Å². The molecule has 274 valence electrons. The molecule has 0 saturated carbocycles. The quantitative estimate of drug-likeness (QED) is 0.0272. The molecule has 0 spiro atoms. The fraction of sp³-hybridized carbons (Fsp3) is 0.919. The Morgan fingerprint density at radius 2 is 1.15 bits per heavy atom. The maximum Gasteiger partial charge on any atom is 0.472 e. The van der Waals surface area contributed by atoms with Gasteiger partial charge < -0.3 is 19.8 Å². The number of hydrogen-bond donors (Lipinski definition) is 3. The van der Waals surface area contributed by atoms with E-state index in [0.29, 0.717) is 17.4 Å². The lowest BCUT2D eigenvalue weighted by molar-refractivity contribution is -0.870. The van der Waals surface area contributed by atoms with Crippen molar-refractivity contribution in [2.24, 2.45) is 0 Å². The first-order valence-electron chi connectivity index (χ1n) is 19.1. The molecule has 46 heavy (non-hydrogen) atoms. The number of rotatable bonds is 34. The molecular formula is C37H76N2O6P+. The van der Waals surface area contributed by atoms with E-state index in [9.17, 15) is 19.4 Å². The summed E-state index contributed by atoms with van der Waals surface area (Å²) in [7, 11) is 1.57. The second-order valence-electron chi connectivity index (χ2n) is 14.3. The van der Waals surface area contributed by atoms with Gasteiger partial charge in [-0.1, -0.05) is 154 Å². The maximum atomic E-state index is 12.6. The minimum Gasteiger partial charge on any atom is -0.387 e. The van der Waals surface area contributed by atoms with E-state index >= 15 is 0 Å². The lowest BCUT2D eigenvalue weighted by Gasteiger charge is -2.25. The molecule has 0 aromatic rings. The molecule has 0 bridgehead atoms. The highest BCUT2D eigenvalue weighted by molar-refractivity contribution is 7.47. The van der Waals surface area contributed by atoms with Gasteiger partial charge in [0.05, 0.1) is 39.9 Å². The zero-order valence-electron chi connectivity index (χ0n) is 30.8. The van der Waals surface area contributed by atoms with E-state index in [4.69, 9.17) is 9.05 Å². The second-order valence-corrected chi connectivity index (χ2v) is 15.8. The third-order valence-corrected chi connectivity index (χ3v) is 9.49. The van der Waals surface area contributed by atoms with Crippen molar-refractivity contribution in [3.8, 4) is 0 Å². The summed E-state index contributed by atoms with van der Waals surface area (Å²) < 4.78 is 23.3. The molecule has 9 heteroatoms. The Kier molecular flexibility index (Phi) is 29.8. The third kappa shape index (κ3) is 31.8. The predicted octanol–water partition coefficient (Wildman–Crippen LogP) is 9.63. The number of nitrogens with zero attached hydrogens (tertiary/aromatic N) is 1. The molecule has 0 heterocycles. The summed E-state index contributed by atoms with van der Waals surface area (Å²) in [4.78, 5) is 22.7. The van der Waals surface area contributed by atoms with Crippen molar-refractivity contribution in [3.63, 3.8) is 0 Å². The Morgan fingerprint density at radius 1 is 0.717 bits per heavy atom. The summed E-state index contributed by atoms with van der Waals surface area (Å²) >= 11 is 0. The van der Waals surface area contributed by atoms with Gasteiger partial charge in [-0.25, -0.2) is 4.57 Å². The Labute approximate surface area is 284 Å². The number of carbonyl (C=O) groups excluding carboxylic acids is 1. The Hall–Kier alpha value is -0.760. The SMILES string of the molecule is CCCCCCCCCCCCCCCCCCC/C=C/C(O)C(COP(=O)(O)OCC[N+](C)(C)C)NC(=O)CCCCCCC. The van der Waals surface area contributed by atoms with Crippen molar-refractivity contribution in [3.05, 3.63) is 12.2 Å². The van der Waals surface area contributed by atoms with Gasteiger partial charge in [0.2, 0.25) is 5.91 Å². The molecule has 0 aromatic heterocycles. The number of aliphatic hydroxyl groups excluding tert-OH is 1. The van der Waals surface area contributed by atoms with Crippen molar-refractivity contribution in [1.82, 2.24) is 5.32 Å². The van der Waals surface area contributed by atoms with Crippen LogP contribution < -0.4 is 5.32 Å². The van der Waals surface area contributed by atoms with E-state index < -0.39 is 20.0 Å². The van der Waals surface area contributed by atoms with Gasteiger partial charge in [-0.05, 0) is 19.3 Å². The van der Waals surface area contributed by atoms with E-state index in [2.05, 4.69) is 19.2 Å². The average molecular weight is 676 g/mol. The summed E-state index contributed by atoms with van der Waals surface area (Å²) in [5.41, 5.74) is 0. The molecule has 0 radical (unpaired) electrons. The van der Waals surface area contributed by atoms with Crippen molar-refractivity contribution in [2.75, 3.05) is 40.9 Å². The molecular weight excluding hydrogens is 599 g/mol. The first kappa shape index (κ1) is 45.2. The number of nitrogens with one attached hydrogen (secondary N) is 1. The Balaban J connectivity index is 4.28. The predicted molar refractivity (Wildman–Crippen MR) is 194 cm³/mol. The molecule has 0 saturated heterocycles. The summed E-state index contributed by atoms with van der Waals surface area (Å²) in [5.74, 6) is -0.190. The van der Waals surface area contributed by atoms with Crippen LogP contribution in [0.4, 0.5) is 0 Å². The normalized spacial score (nSPS) is 14.8. The van der Waals surface area contributed by atoms with Gasteiger partial charge in [0.25, 0.3) is 0 Å². The highest BCUT2D eigenvalue weighted by Gasteiger charge is 2.27. The molecule has 0 rings (SSSR count). The van der Waals surface area contributed by atoms with Gasteiger partial charge in [0, 0.05) is 6.42 Å². The van der Waals surface area contributed by atoms with Crippen molar-refractivity contribution in [2.45, 2.75) is 180 Å². The summed E-state index contributed by atoms with van der Waals surface area (Å²) in [5, 5.41) is 13.6. The highest BCUT2D eigenvalue weighted by atomic mass is 31.2. The topological polar surface area (TPSA) is 105 Å². The van der Waals surface area contributed by atoms with Crippen LogP contribution in [0.25, 0.3) is 0 Å². The standard InChI is InChI=1S/C37H75N2O6P/c1-6-8-10-12-13-14-15-16-17-18-19-20-21-22-23-24-25-27-28-30-36(40)35(38-37(41)31-29-26-11-9-7-2)34-45-46(42,43)44-33-32-39(3,4)5/h28,30,35-36,40H,6-27,29,31-34H2,1-5H3,(H-,38,41,42,43)/p+1/b30-28+. The molecule has 0 aliphatic heterocycles. The van der Waals surface area contributed by atoms with Crippen LogP contribution in [-0.4, -0.2) is 73.4 Å². The number of carbonyl (C=O) groups is 1. The summed E-state index contributed by atoms with van der Waals surface area (Å²) in [6.45, 7) is 4.71. The first-order chi connectivity index (χ1) is 22.0. The minimum absolute atomic E-state index is 0.0634. The number of quaternary nitrogens is 1. The number of likely N-dealkylation sites (N-methyl/N-ethyl adjacent to an activating group) is 1. The van der Waals surface area contributed by atoms with Gasteiger partial charge in [-0.3, -0.25) is 13.8 Å². The molecule has 3 atom stereocenters. The van der Waals surface area contributed by atoms with Crippen molar-refractivity contribution >= 4 is 13.7 Å². The number of hydrogen-bond acceptors (Lipinski definition) is 5. The lowest BCUT2D eigenvalue weighted by Crippen LogP contribution is -2.45. The van der Waals surface area contributed by atoms with Gasteiger partial charge in [0.15, 0.2) is 0 Å². The number of phosphoric acid groups is 1. The van der Waals surface area contributed by atoms with Crippen LogP contribution in [0, 0.1) is 0 Å². The number of amides is 1. The zero-order chi connectivity index (χ0) is 34.4. The van der Waals surface area contributed by atoms with Crippen LogP contribution in [0.5, 0.6) is 0 Å². The number of aliphatic hydroxyl groups is 1. The van der Waals surface area contributed by atoms with Crippen molar-refractivity contribution in [1.29, 1.82) is 0 Å². The van der Waals surface area contributed by atoms with E-state index in [1.807, 2.05) is 27.2 Å². The third-order valence-electron chi connectivity index (χ3n) is 8.51. The molecule has 1 amide bonds. The van der Waals surface area contributed by atoms with Gasteiger partial charge in [-0.15, -0.1) is 0 Å². The fourth-order valence-corrected chi connectivity index (χ4v) is 6.13. The molecule has 0 aromatic carbocycles. The van der Waals surface area contributed by atoms with Crippen LogP contribution in [-0.2, 0) is 18.4 Å². The van der Waals surface area contributed by atoms with Crippen LogP contribution in [0.2, 0.25) is 0 Å². The van der Waals surface area contributed by atoms with Crippen molar-refractivity contribution < 1.29 is 32.9 Å². The molecule has 0 fully saturated rings. The Bertz CT molecular complexity index is 773.